The van der Waals surface area contributed by atoms with E-state index in [0.717, 1.165) is 0 Å². The van der Waals surface area contributed by atoms with E-state index in [0.29, 0.717) is 0 Å². The van der Waals surface area contributed by atoms with E-state index in [1.807, 2.05) is 0 Å². The summed E-state index contributed by atoms with van der Waals surface area (Å²) in [5, 5.41) is 16.7. The zero-order valence-electron chi connectivity index (χ0n) is 7.39. The predicted octanol–water partition coefficient (Wildman–Crippen LogP) is -0.0307. The second-order valence-electron chi connectivity index (χ2n) is 1.84. The summed E-state index contributed by atoms with van der Waals surface area (Å²) in [5.41, 5.74) is 0. The summed E-state index contributed by atoms with van der Waals surface area (Å²) in [5.74, 6) is 0. The number of rotatable bonds is 6. The number of ether oxygens (including phenoxy) is 4. The summed E-state index contributed by atoms with van der Waals surface area (Å²) < 4.78 is 18.6. The molecule has 0 aliphatic heterocycles. The van der Waals surface area contributed by atoms with Gasteiger partial charge in [0.2, 0.25) is 12.6 Å². The van der Waals surface area contributed by atoms with Crippen LogP contribution in [0.5, 0.6) is 0 Å². The van der Waals surface area contributed by atoms with Crippen molar-refractivity contribution in [1.82, 2.24) is 0 Å². The van der Waals surface area contributed by atoms with Crippen LogP contribution >= 0.6 is 0 Å². The molecular formula is C7H10N2O4. The topological polar surface area (TPSA) is 84.5 Å². The van der Waals surface area contributed by atoms with Gasteiger partial charge in [-0.15, -0.1) is 0 Å². The minimum Gasteiger partial charge on any atom is -0.344 e. The second-order valence-corrected chi connectivity index (χ2v) is 1.84. The van der Waals surface area contributed by atoms with E-state index in [1.165, 1.54) is 14.2 Å². The van der Waals surface area contributed by atoms with Gasteiger partial charge < -0.3 is 18.9 Å². The number of methoxy groups -OCH3 is 2. The minimum atomic E-state index is -0.990. The molecule has 0 spiro atoms. The summed E-state index contributed by atoms with van der Waals surface area (Å²) >= 11 is 0. The van der Waals surface area contributed by atoms with Crippen LogP contribution in [0.3, 0.4) is 0 Å². The maximum absolute atomic E-state index is 8.35. The predicted molar refractivity (Wildman–Crippen MR) is 39.9 cm³/mol. The number of nitrogens with zero attached hydrogens (tertiary/aromatic N) is 2. The molecule has 0 aromatic carbocycles. The molecule has 2 unspecified atom stereocenters. The molecule has 0 saturated carbocycles. The molecule has 72 valence electrons. The molecule has 0 N–H and O–H groups in total. The SMILES string of the molecule is COC(C#N)OCOC(C#N)OC. The largest absolute Gasteiger partial charge is 0.344 e. The Morgan fingerprint density at radius 3 is 1.62 bits per heavy atom. The fourth-order valence-corrected chi connectivity index (χ4v) is 0.479. The highest BCUT2D eigenvalue weighted by molar-refractivity contribution is 4.76. The smallest absolute Gasteiger partial charge is 0.250 e. The van der Waals surface area contributed by atoms with Crippen molar-refractivity contribution >= 4 is 0 Å². The number of hydrogen-bond acceptors (Lipinski definition) is 6. The average molecular weight is 186 g/mol. The first-order valence-corrected chi connectivity index (χ1v) is 3.36. The normalized spacial score (nSPS) is 14.2. The molecule has 0 rings (SSSR count). The molecule has 0 fully saturated rings. The van der Waals surface area contributed by atoms with E-state index < -0.39 is 12.6 Å². The summed E-state index contributed by atoms with van der Waals surface area (Å²) in [6, 6.07) is 3.43. The zero-order valence-corrected chi connectivity index (χ0v) is 7.39. The lowest BCUT2D eigenvalue weighted by molar-refractivity contribution is -0.204. The van der Waals surface area contributed by atoms with Crippen molar-refractivity contribution in [3.8, 4) is 12.1 Å². The van der Waals surface area contributed by atoms with Crippen LogP contribution in [-0.4, -0.2) is 33.6 Å². The van der Waals surface area contributed by atoms with Crippen LogP contribution in [0.4, 0.5) is 0 Å². The van der Waals surface area contributed by atoms with Gasteiger partial charge in [0.05, 0.1) is 0 Å². The highest BCUT2D eigenvalue weighted by atomic mass is 16.8. The van der Waals surface area contributed by atoms with E-state index in [2.05, 4.69) is 9.47 Å². The molecule has 0 aliphatic rings. The molecule has 2 atom stereocenters. The summed E-state index contributed by atoms with van der Waals surface area (Å²) in [6.45, 7) is -0.238. The molecule has 0 bridgehead atoms. The molecule has 13 heavy (non-hydrogen) atoms. The van der Waals surface area contributed by atoms with Crippen LogP contribution in [0.1, 0.15) is 0 Å². The maximum Gasteiger partial charge on any atom is 0.250 e. The Hall–Kier alpha value is -1.18. The van der Waals surface area contributed by atoms with Gasteiger partial charge >= 0.3 is 0 Å². The van der Waals surface area contributed by atoms with Crippen molar-refractivity contribution in [3.05, 3.63) is 0 Å². The van der Waals surface area contributed by atoms with Gasteiger partial charge in [-0.05, 0) is 0 Å². The highest BCUT2D eigenvalue weighted by Crippen LogP contribution is 1.95. The highest BCUT2D eigenvalue weighted by Gasteiger charge is 2.08. The lowest BCUT2D eigenvalue weighted by Gasteiger charge is -2.11. The lowest BCUT2D eigenvalue weighted by atomic mass is 10.7. The standard InChI is InChI=1S/C7H10N2O4/c1-10-6(3-8)12-5-13-7(4-9)11-2/h6-7H,5H2,1-2H3. The van der Waals surface area contributed by atoms with Gasteiger partial charge in [-0.2, -0.15) is 10.5 Å². The van der Waals surface area contributed by atoms with Gasteiger partial charge in [-0.25, -0.2) is 0 Å². The van der Waals surface area contributed by atoms with E-state index in [1.54, 1.807) is 12.1 Å². The summed E-state index contributed by atoms with van der Waals surface area (Å²) in [6.07, 6.45) is -1.98. The third-order valence-electron chi connectivity index (χ3n) is 1.08. The molecular weight excluding hydrogens is 176 g/mol. The maximum atomic E-state index is 8.35. The van der Waals surface area contributed by atoms with Crippen molar-refractivity contribution < 1.29 is 18.9 Å². The molecule has 0 saturated heterocycles. The summed E-state index contributed by atoms with van der Waals surface area (Å²) in [7, 11) is 2.65. The first-order valence-electron chi connectivity index (χ1n) is 3.36. The van der Waals surface area contributed by atoms with Gasteiger partial charge in [-0.3, -0.25) is 0 Å². The van der Waals surface area contributed by atoms with Crippen molar-refractivity contribution in [2.24, 2.45) is 0 Å². The van der Waals surface area contributed by atoms with Crippen LogP contribution in [0.2, 0.25) is 0 Å². The lowest BCUT2D eigenvalue weighted by Crippen LogP contribution is -2.20. The Morgan fingerprint density at radius 2 is 1.38 bits per heavy atom. The van der Waals surface area contributed by atoms with Crippen LogP contribution in [0.15, 0.2) is 0 Å². The number of hydrogen-bond donors (Lipinski definition) is 0. The van der Waals surface area contributed by atoms with Crippen molar-refractivity contribution in [2.45, 2.75) is 12.6 Å². The van der Waals surface area contributed by atoms with E-state index in [9.17, 15) is 0 Å². The van der Waals surface area contributed by atoms with Gasteiger partial charge in [-0.1, -0.05) is 0 Å². The molecule has 0 heterocycles. The van der Waals surface area contributed by atoms with Crippen molar-refractivity contribution in [2.75, 3.05) is 21.0 Å². The Morgan fingerprint density at radius 1 is 1.00 bits per heavy atom. The number of nitriles is 2. The fraction of sp³-hybridized carbons (Fsp3) is 0.714. The monoisotopic (exact) mass is 186 g/mol. The molecule has 0 radical (unpaired) electrons. The van der Waals surface area contributed by atoms with Crippen LogP contribution in [-0.2, 0) is 18.9 Å². The van der Waals surface area contributed by atoms with E-state index in [-0.39, 0.29) is 6.79 Å². The Bertz CT molecular complexity index is 186. The van der Waals surface area contributed by atoms with E-state index in [4.69, 9.17) is 20.0 Å². The van der Waals surface area contributed by atoms with Gasteiger partial charge in [0.25, 0.3) is 0 Å². The van der Waals surface area contributed by atoms with E-state index >= 15 is 0 Å². The van der Waals surface area contributed by atoms with Gasteiger partial charge in [0, 0.05) is 14.2 Å². The third-order valence-corrected chi connectivity index (χ3v) is 1.08. The van der Waals surface area contributed by atoms with Crippen molar-refractivity contribution in [1.29, 1.82) is 10.5 Å². The minimum absolute atomic E-state index is 0.238. The Labute approximate surface area is 76.2 Å². The Balaban J connectivity index is 3.56. The first-order chi connectivity index (χ1) is 6.28. The Kier molecular flexibility index (Phi) is 6.79. The average Bonchev–Trinajstić information content (AvgIpc) is 2.19. The van der Waals surface area contributed by atoms with Crippen molar-refractivity contribution in [3.63, 3.8) is 0 Å². The van der Waals surface area contributed by atoms with Gasteiger partial charge in [0.15, 0.2) is 6.79 Å². The molecule has 6 nitrogen and oxygen atoms in total. The molecule has 0 amide bonds. The molecule has 0 aromatic rings. The molecule has 6 heteroatoms. The second kappa shape index (κ2) is 7.47. The third kappa shape index (κ3) is 5.12. The quantitative estimate of drug-likeness (QED) is 0.541. The van der Waals surface area contributed by atoms with Gasteiger partial charge in [0.1, 0.15) is 12.1 Å². The fourth-order valence-electron chi connectivity index (χ4n) is 0.479. The summed E-state index contributed by atoms with van der Waals surface area (Å²) in [4.78, 5) is 0. The zero-order chi connectivity index (χ0) is 10.1. The molecule has 0 aliphatic carbocycles. The van der Waals surface area contributed by atoms with Crippen LogP contribution in [0.25, 0.3) is 0 Å². The van der Waals surface area contributed by atoms with Crippen LogP contribution < -0.4 is 0 Å². The van der Waals surface area contributed by atoms with Crippen LogP contribution in [0, 0.1) is 22.7 Å². The first kappa shape index (κ1) is 11.8. The molecule has 0 aromatic heterocycles.